The largest absolute Gasteiger partial charge is 0.507 e. The molecule has 1 amide bonds. The van der Waals surface area contributed by atoms with Crippen LogP contribution in [-0.4, -0.2) is 23.9 Å². The molecule has 0 saturated carbocycles. The number of nitrogens with zero attached hydrogens (tertiary/aromatic N) is 1. The smallest absolute Gasteiger partial charge is 0.300 e. The molecular formula is C24H17BrFNO4. The van der Waals surface area contributed by atoms with Crippen molar-refractivity contribution < 1.29 is 23.8 Å². The number of rotatable bonds is 4. The first-order valence-electron chi connectivity index (χ1n) is 9.37. The van der Waals surface area contributed by atoms with Crippen molar-refractivity contribution in [3.63, 3.8) is 0 Å². The Labute approximate surface area is 186 Å². The quantitative estimate of drug-likeness (QED) is 0.315. The third-order valence-corrected chi connectivity index (χ3v) is 5.63. The van der Waals surface area contributed by atoms with Crippen LogP contribution in [0, 0.1) is 5.82 Å². The van der Waals surface area contributed by atoms with Gasteiger partial charge in [-0.2, -0.15) is 0 Å². The molecule has 1 atom stereocenters. The molecule has 1 heterocycles. The average Bonchev–Trinajstić information content (AvgIpc) is 3.05. The van der Waals surface area contributed by atoms with E-state index in [1.54, 1.807) is 48.5 Å². The number of ketones is 1. The summed E-state index contributed by atoms with van der Waals surface area (Å²) in [6, 6.07) is 18.0. The third-order valence-electron chi connectivity index (χ3n) is 5.10. The highest BCUT2D eigenvalue weighted by molar-refractivity contribution is 9.10. The highest BCUT2D eigenvalue weighted by Gasteiger charge is 2.46. The van der Waals surface area contributed by atoms with Gasteiger partial charge < -0.3 is 9.84 Å². The number of amides is 1. The lowest BCUT2D eigenvalue weighted by Crippen LogP contribution is -2.29. The molecule has 0 radical (unpaired) electrons. The monoisotopic (exact) mass is 481 g/mol. The summed E-state index contributed by atoms with van der Waals surface area (Å²) < 4.78 is 19.5. The minimum absolute atomic E-state index is 0.0604. The number of hydrogen-bond acceptors (Lipinski definition) is 4. The molecule has 1 unspecified atom stereocenters. The van der Waals surface area contributed by atoms with Gasteiger partial charge in [0.25, 0.3) is 11.7 Å². The Morgan fingerprint density at radius 2 is 1.58 bits per heavy atom. The van der Waals surface area contributed by atoms with E-state index in [4.69, 9.17) is 4.74 Å². The molecule has 0 spiro atoms. The number of Topliss-reactive ketones (excluding diaryl/α,β-unsaturated/α-hetero) is 1. The summed E-state index contributed by atoms with van der Waals surface area (Å²) in [6.45, 7) is 0. The molecule has 1 aliphatic heterocycles. The van der Waals surface area contributed by atoms with Gasteiger partial charge in [0.1, 0.15) is 17.3 Å². The topological polar surface area (TPSA) is 66.8 Å². The number of carbonyl (C=O) groups is 2. The van der Waals surface area contributed by atoms with Crippen molar-refractivity contribution in [3.05, 3.63) is 99.8 Å². The first-order chi connectivity index (χ1) is 14.9. The van der Waals surface area contributed by atoms with Crippen molar-refractivity contribution in [2.24, 2.45) is 0 Å². The van der Waals surface area contributed by atoms with Gasteiger partial charge in [0, 0.05) is 15.7 Å². The number of hydrogen-bond donors (Lipinski definition) is 1. The molecule has 4 rings (SSSR count). The molecule has 1 N–H and O–H groups in total. The van der Waals surface area contributed by atoms with Crippen molar-refractivity contribution in [1.29, 1.82) is 0 Å². The van der Waals surface area contributed by atoms with Crippen molar-refractivity contribution >= 4 is 39.1 Å². The van der Waals surface area contributed by atoms with Gasteiger partial charge in [-0.25, -0.2) is 4.39 Å². The summed E-state index contributed by atoms with van der Waals surface area (Å²) in [5.41, 5.74) is 1.28. The van der Waals surface area contributed by atoms with E-state index in [2.05, 4.69) is 15.9 Å². The van der Waals surface area contributed by atoms with Gasteiger partial charge in [-0.05, 0) is 54.1 Å². The number of aliphatic hydroxyl groups is 1. The molecule has 0 bridgehead atoms. The Hall–Kier alpha value is -3.45. The zero-order chi connectivity index (χ0) is 22.1. The van der Waals surface area contributed by atoms with Gasteiger partial charge in [-0.15, -0.1) is 0 Å². The summed E-state index contributed by atoms with van der Waals surface area (Å²) in [5, 5.41) is 11.0. The molecule has 7 heteroatoms. The molecule has 1 saturated heterocycles. The second kappa shape index (κ2) is 8.35. The van der Waals surface area contributed by atoms with Crippen molar-refractivity contribution in [2.45, 2.75) is 6.04 Å². The Kier molecular flexibility index (Phi) is 5.61. The predicted molar refractivity (Wildman–Crippen MR) is 118 cm³/mol. The number of halogens is 2. The van der Waals surface area contributed by atoms with Gasteiger partial charge in [-0.1, -0.05) is 40.2 Å². The van der Waals surface area contributed by atoms with Crippen molar-refractivity contribution in [2.75, 3.05) is 12.0 Å². The lowest BCUT2D eigenvalue weighted by atomic mass is 9.95. The van der Waals surface area contributed by atoms with Gasteiger partial charge >= 0.3 is 0 Å². The minimum Gasteiger partial charge on any atom is -0.507 e. The average molecular weight is 482 g/mol. The fourth-order valence-corrected chi connectivity index (χ4v) is 3.83. The highest BCUT2D eigenvalue weighted by atomic mass is 79.9. The van der Waals surface area contributed by atoms with E-state index < -0.39 is 23.5 Å². The first-order valence-corrected chi connectivity index (χ1v) is 10.2. The second-order valence-corrected chi connectivity index (χ2v) is 7.84. The van der Waals surface area contributed by atoms with Crippen molar-refractivity contribution in [3.8, 4) is 5.75 Å². The third kappa shape index (κ3) is 3.84. The molecule has 0 aromatic heterocycles. The van der Waals surface area contributed by atoms with E-state index in [0.29, 0.717) is 22.6 Å². The second-order valence-electron chi connectivity index (χ2n) is 6.93. The number of methoxy groups -OCH3 is 1. The molecule has 1 aliphatic rings. The number of anilines is 1. The van der Waals surface area contributed by atoms with Gasteiger partial charge in [0.15, 0.2) is 0 Å². The van der Waals surface area contributed by atoms with E-state index >= 15 is 0 Å². The Morgan fingerprint density at radius 3 is 2.16 bits per heavy atom. The van der Waals surface area contributed by atoms with Gasteiger partial charge in [0.2, 0.25) is 0 Å². The van der Waals surface area contributed by atoms with E-state index in [1.165, 1.54) is 36.3 Å². The fourth-order valence-electron chi connectivity index (χ4n) is 3.57. The molecule has 3 aromatic rings. The summed E-state index contributed by atoms with van der Waals surface area (Å²) in [5.74, 6) is -1.74. The zero-order valence-corrected chi connectivity index (χ0v) is 18.0. The molecule has 3 aromatic carbocycles. The zero-order valence-electron chi connectivity index (χ0n) is 16.4. The van der Waals surface area contributed by atoms with E-state index in [9.17, 15) is 19.1 Å². The lowest BCUT2D eigenvalue weighted by molar-refractivity contribution is -0.132. The number of ether oxygens (including phenoxy) is 1. The lowest BCUT2D eigenvalue weighted by Gasteiger charge is -2.25. The number of carbonyl (C=O) groups excluding carboxylic acids is 2. The molecule has 1 fully saturated rings. The minimum atomic E-state index is -0.919. The van der Waals surface area contributed by atoms with Crippen LogP contribution in [0.4, 0.5) is 10.1 Å². The normalized spacial score (nSPS) is 17.8. The maximum Gasteiger partial charge on any atom is 0.300 e. The van der Waals surface area contributed by atoms with Crippen LogP contribution < -0.4 is 9.64 Å². The SMILES string of the molecule is COc1ccc(N2C(=O)C(=O)/C(=C(/O)c3ccc(Br)cc3)C2c2ccc(F)cc2)cc1. The molecule has 0 aliphatic carbocycles. The standard InChI is InChI=1S/C24H17BrFNO4/c1-31-19-12-10-18(11-13-19)27-21(14-4-8-17(26)9-5-14)20(23(29)24(27)30)22(28)15-2-6-16(25)7-3-15/h2-13,21,28H,1H3/b22-20+. The van der Waals surface area contributed by atoms with Crippen LogP contribution in [0.2, 0.25) is 0 Å². The summed E-state index contributed by atoms with van der Waals surface area (Å²) in [4.78, 5) is 27.4. The molecule has 31 heavy (non-hydrogen) atoms. The van der Waals surface area contributed by atoms with Crippen LogP contribution in [0.5, 0.6) is 5.75 Å². The van der Waals surface area contributed by atoms with Crippen LogP contribution in [0.15, 0.2) is 82.8 Å². The summed E-state index contributed by atoms with van der Waals surface area (Å²) >= 11 is 3.33. The van der Waals surface area contributed by atoms with Crippen LogP contribution in [0.3, 0.4) is 0 Å². The first kappa shape index (κ1) is 20.8. The maximum atomic E-state index is 13.6. The Balaban J connectivity index is 1.91. The van der Waals surface area contributed by atoms with Crippen LogP contribution in [0.25, 0.3) is 5.76 Å². The molecule has 5 nitrogen and oxygen atoms in total. The van der Waals surface area contributed by atoms with E-state index in [-0.39, 0.29) is 11.3 Å². The highest BCUT2D eigenvalue weighted by Crippen LogP contribution is 2.42. The predicted octanol–water partition coefficient (Wildman–Crippen LogP) is 5.22. The Morgan fingerprint density at radius 1 is 0.968 bits per heavy atom. The van der Waals surface area contributed by atoms with Crippen LogP contribution in [-0.2, 0) is 9.59 Å². The van der Waals surface area contributed by atoms with Crippen molar-refractivity contribution in [1.82, 2.24) is 0 Å². The van der Waals surface area contributed by atoms with Crippen LogP contribution in [0.1, 0.15) is 17.2 Å². The summed E-state index contributed by atoms with van der Waals surface area (Å²) in [6.07, 6.45) is 0. The van der Waals surface area contributed by atoms with Crippen LogP contribution >= 0.6 is 15.9 Å². The fraction of sp³-hybridized carbons (Fsp3) is 0.0833. The maximum absolute atomic E-state index is 13.6. The van der Waals surface area contributed by atoms with Gasteiger partial charge in [-0.3, -0.25) is 14.5 Å². The number of benzene rings is 3. The molecule has 156 valence electrons. The molecular weight excluding hydrogens is 465 g/mol. The van der Waals surface area contributed by atoms with E-state index in [1.807, 2.05) is 0 Å². The number of aliphatic hydroxyl groups excluding tert-OH is 1. The Bertz CT molecular complexity index is 1170. The summed E-state index contributed by atoms with van der Waals surface area (Å²) in [7, 11) is 1.53. The van der Waals surface area contributed by atoms with Gasteiger partial charge in [0.05, 0.1) is 18.7 Å². The van der Waals surface area contributed by atoms with E-state index in [0.717, 1.165) is 4.47 Å².